The monoisotopic (exact) mass is 437 g/mol. The molecule has 1 aliphatic rings. The Morgan fingerprint density at radius 1 is 1.06 bits per heavy atom. The second kappa shape index (κ2) is 9.18. The summed E-state index contributed by atoms with van der Waals surface area (Å²) in [7, 11) is 3.18. The van der Waals surface area contributed by atoms with Crippen molar-refractivity contribution in [2.45, 2.75) is 25.3 Å². The van der Waals surface area contributed by atoms with Gasteiger partial charge in [-0.3, -0.25) is 9.59 Å². The lowest BCUT2D eigenvalue weighted by Crippen LogP contribution is -2.25. The van der Waals surface area contributed by atoms with Crippen molar-refractivity contribution in [3.8, 4) is 22.1 Å². The predicted molar refractivity (Wildman–Crippen MR) is 120 cm³/mol. The van der Waals surface area contributed by atoms with E-state index >= 15 is 0 Å². The van der Waals surface area contributed by atoms with Crippen molar-refractivity contribution in [2.24, 2.45) is 0 Å². The molecule has 1 fully saturated rings. The zero-order chi connectivity index (χ0) is 21.8. The maximum absolute atomic E-state index is 12.4. The Morgan fingerprint density at radius 2 is 1.81 bits per heavy atom. The van der Waals surface area contributed by atoms with Crippen LogP contribution in [0.2, 0.25) is 0 Å². The van der Waals surface area contributed by atoms with E-state index in [1.165, 1.54) is 11.3 Å². The van der Waals surface area contributed by atoms with Crippen LogP contribution in [-0.4, -0.2) is 37.1 Å². The molecule has 2 N–H and O–H groups in total. The molecule has 2 amide bonds. The first kappa shape index (κ1) is 20.9. The summed E-state index contributed by atoms with van der Waals surface area (Å²) in [6, 6.07) is 12.8. The third-order valence-electron chi connectivity index (χ3n) is 4.87. The molecule has 7 nitrogen and oxygen atoms in total. The topological polar surface area (TPSA) is 89.5 Å². The predicted octanol–water partition coefficient (Wildman–Crippen LogP) is 3.90. The van der Waals surface area contributed by atoms with Gasteiger partial charge in [-0.05, 0) is 55.3 Å². The van der Waals surface area contributed by atoms with Crippen molar-refractivity contribution in [2.75, 3.05) is 19.5 Å². The first-order valence-electron chi connectivity index (χ1n) is 9.93. The van der Waals surface area contributed by atoms with Crippen LogP contribution in [0.4, 0.5) is 5.69 Å². The number of rotatable bonds is 8. The summed E-state index contributed by atoms with van der Waals surface area (Å²) in [5.74, 6) is 1.03. The molecule has 31 heavy (non-hydrogen) atoms. The van der Waals surface area contributed by atoms with Crippen molar-refractivity contribution < 1.29 is 19.1 Å². The number of methoxy groups -OCH3 is 2. The molecule has 2 aromatic carbocycles. The number of carbonyl (C=O) groups excluding carboxylic acids is 2. The van der Waals surface area contributed by atoms with Crippen molar-refractivity contribution in [3.63, 3.8) is 0 Å². The van der Waals surface area contributed by atoms with Gasteiger partial charge in [0.25, 0.3) is 5.91 Å². The molecular formula is C23H23N3O4S. The van der Waals surface area contributed by atoms with Gasteiger partial charge in [0.1, 0.15) is 5.01 Å². The fourth-order valence-corrected chi connectivity index (χ4v) is 3.88. The second-order valence-electron chi connectivity index (χ2n) is 7.26. The largest absolute Gasteiger partial charge is 0.493 e. The van der Waals surface area contributed by atoms with Crippen LogP contribution in [0.5, 0.6) is 11.5 Å². The molecule has 1 aliphatic carbocycles. The van der Waals surface area contributed by atoms with Gasteiger partial charge in [0.05, 0.1) is 26.3 Å². The Labute approximate surface area is 184 Å². The third-order valence-corrected chi connectivity index (χ3v) is 5.81. The van der Waals surface area contributed by atoms with Gasteiger partial charge in [0, 0.05) is 28.2 Å². The lowest BCUT2D eigenvalue weighted by Gasteiger charge is -2.08. The highest BCUT2D eigenvalue weighted by atomic mass is 32.1. The van der Waals surface area contributed by atoms with E-state index in [4.69, 9.17) is 9.47 Å². The van der Waals surface area contributed by atoms with E-state index in [1.54, 1.807) is 38.5 Å². The van der Waals surface area contributed by atoms with Crippen LogP contribution in [0.1, 0.15) is 28.9 Å². The van der Waals surface area contributed by atoms with Crippen molar-refractivity contribution in [3.05, 3.63) is 59.1 Å². The number of hydrogen-bond acceptors (Lipinski definition) is 6. The molecule has 160 valence electrons. The molecule has 1 saturated carbocycles. The summed E-state index contributed by atoms with van der Waals surface area (Å²) in [4.78, 5) is 29.0. The minimum Gasteiger partial charge on any atom is -0.493 e. The summed E-state index contributed by atoms with van der Waals surface area (Å²) in [5.41, 5.74) is 2.81. The van der Waals surface area contributed by atoms with Crippen LogP contribution in [0.3, 0.4) is 0 Å². The quantitative estimate of drug-likeness (QED) is 0.558. The molecule has 8 heteroatoms. The number of nitrogens with one attached hydrogen (secondary N) is 2. The van der Waals surface area contributed by atoms with Gasteiger partial charge in [-0.1, -0.05) is 0 Å². The second-order valence-corrected chi connectivity index (χ2v) is 8.12. The highest BCUT2D eigenvalue weighted by Gasteiger charge is 2.23. The van der Waals surface area contributed by atoms with E-state index in [0.29, 0.717) is 34.5 Å². The van der Waals surface area contributed by atoms with Crippen LogP contribution in [0.15, 0.2) is 47.8 Å². The van der Waals surface area contributed by atoms with Gasteiger partial charge in [0.2, 0.25) is 5.91 Å². The highest BCUT2D eigenvalue weighted by Crippen LogP contribution is 2.33. The minimum atomic E-state index is -0.167. The average molecular weight is 438 g/mol. The molecule has 0 aliphatic heterocycles. The van der Waals surface area contributed by atoms with Crippen molar-refractivity contribution in [1.82, 2.24) is 10.3 Å². The van der Waals surface area contributed by atoms with Crippen LogP contribution >= 0.6 is 11.3 Å². The summed E-state index contributed by atoms with van der Waals surface area (Å²) >= 11 is 1.47. The standard InChI is InChI=1S/C23H23N3O4S/c1-29-19-10-5-15(11-20(19)30-2)23-26-18(13-31-23)12-21(27)24-16-6-3-14(4-7-16)22(28)25-17-8-9-17/h3-7,10-11,13,17H,8-9,12H2,1-2H3,(H,24,27)(H,25,28). The summed E-state index contributed by atoms with van der Waals surface area (Å²) < 4.78 is 10.6. The van der Waals surface area contributed by atoms with Gasteiger partial charge in [0.15, 0.2) is 11.5 Å². The summed E-state index contributed by atoms with van der Waals surface area (Å²) in [5, 5.41) is 8.47. The van der Waals surface area contributed by atoms with Crippen molar-refractivity contribution >= 4 is 28.8 Å². The average Bonchev–Trinajstić information content (AvgIpc) is 3.48. The molecule has 0 atom stereocenters. The van der Waals surface area contributed by atoms with Gasteiger partial charge >= 0.3 is 0 Å². The molecule has 0 radical (unpaired) electrons. The zero-order valence-electron chi connectivity index (χ0n) is 17.3. The van der Waals surface area contributed by atoms with E-state index in [0.717, 1.165) is 23.4 Å². The van der Waals surface area contributed by atoms with E-state index in [1.807, 2.05) is 23.6 Å². The molecular weight excluding hydrogens is 414 g/mol. The minimum absolute atomic E-state index is 0.0782. The van der Waals surface area contributed by atoms with E-state index < -0.39 is 0 Å². The fraction of sp³-hybridized carbons (Fsp3) is 0.261. The van der Waals surface area contributed by atoms with E-state index in [9.17, 15) is 9.59 Å². The third kappa shape index (κ3) is 5.21. The number of benzene rings is 2. The molecule has 3 aromatic rings. The van der Waals surface area contributed by atoms with E-state index in [-0.39, 0.29) is 18.2 Å². The lowest BCUT2D eigenvalue weighted by atomic mass is 10.2. The Balaban J connectivity index is 1.36. The van der Waals surface area contributed by atoms with Gasteiger partial charge < -0.3 is 20.1 Å². The van der Waals surface area contributed by atoms with Crippen LogP contribution < -0.4 is 20.1 Å². The van der Waals surface area contributed by atoms with Crippen LogP contribution in [-0.2, 0) is 11.2 Å². The Bertz CT molecular complexity index is 1090. The molecule has 1 heterocycles. The normalized spacial score (nSPS) is 12.8. The van der Waals surface area contributed by atoms with Gasteiger partial charge in [-0.15, -0.1) is 11.3 Å². The molecule has 0 bridgehead atoms. The summed E-state index contributed by atoms with van der Waals surface area (Å²) in [6.45, 7) is 0. The Morgan fingerprint density at radius 3 is 2.48 bits per heavy atom. The molecule has 0 spiro atoms. The molecule has 0 saturated heterocycles. The SMILES string of the molecule is COc1ccc(-c2nc(CC(=O)Nc3ccc(C(=O)NC4CC4)cc3)cs2)cc1OC. The number of thiazole rings is 1. The molecule has 1 aromatic heterocycles. The number of amides is 2. The maximum Gasteiger partial charge on any atom is 0.251 e. The lowest BCUT2D eigenvalue weighted by molar-refractivity contribution is -0.115. The number of aromatic nitrogens is 1. The molecule has 0 unspecified atom stereocenters. The first-order chi connectivity index (χ1) is 15.1. The van der Waals surface area contributed by atoms with Crippen LogP contribution in [0.25, 0.3) is 10.6 Å². The number of anilines is 1. The maximum atomic E-state index is 12.4. The fourth-order valence-electron chi connectivity index (χ4n) is 3.06. The number of carbonyl (C=O) groups is 2. The summed E-state index contributed by atoms with van der Waals surface area (Å²) in [6.07, 6.45) is 2.25. The van der Waals surface area contributed by atoms with Crippen LogP contribution in [0, 0.1) is 0 Å². The number of hydrogen-bond donors (Lipinski definition) is 2. The number of nitrogens with zero attached hydrogens (tertiary/aromatic N) is 1. The molecule has 4 rings (SSSR count). The smallest absolute Gasteiger partial charge is 0.251 e. The zero-order valence-corrected chi connectivity index (χ0v) is 18.1. The Hall–Kier alpha value is -3.39. The van der Waals surface area contributed by atoms with Crippen molar-refractivity contribution in [1.29, 1.82) is 0 Å². The first-order valence-corrected chi connectivity index (χ1v) is 10.8. The number of ether oxygens (including phenoxy) is 2. The Kier molecular flexibility index (Phi) is 6.18. The van der Waals surface area contributed by atoms with Gasteiger partial charge in [-0.2, -0.15) is 0 Å². The highest BCUT2D eigenvalue weighted by molar-refractivity contribution is 7.13. The van der Waals surface area contributed by atoms with E-state index in [2.05, 4.69) is 15.6 Å². The van der Waals surface area contributed by atoms with Gasteiger partial charge in [-0.25, -0.2) is 4.98 Å².